The molecule has 6 nitrogen and oxygen atoms in total. The highest BCUT2D eigenvalue weighted by molar-refractivity contribution is 14.0. The van der Waals surface area contributed by atoms with Crippen LogP contribution in [0.15, 0.2) is 17.1 Å². The van der Waals surface area contributed by atoms with Gasteiger partial charge in [0.05, 0.1) is 27.9 Å². The molecule has 1 fully saturated rings. The van der Waals surface area contributed by atoms with Gasteiger partial charge < -0.3 is 25.3 Å². The highest BCUT2D eigenvalue weighted by atomic mass is 127. The normalized spacial score (nSPS) is 15.7. The molecule has 0 amide bonds. The second-order valence-corrected chi connectivity index (χ2v) is 6.03. The van der Waals surface area contributed by atoms with Gasteiger partial charge in [0.15, 0.2) is 17.5 Å². The van der Waals surface area contributed by atoms with Crippen LogP contribution in [-0.2, 0) is 6.54 Å². The molecule has 0 bridgehead atoms. The molecule has 0 spiro atoms. The molecule has 0 unspecified atom stereocenters. The molecule has 2 rings (SSSR count). The molecule has 3 N–H and O–H groups in total. The van der Waals surface area contributed by atoms with E-state index < -0.39 is 0 Å². The van der Waals surface area contributed by atoms with Crippen LogP contribution in [-0.4, -0.2) is 33.3 Å². The van der Waals surface area contributed by atoms with Crippen molar-refractivity contribution >= 4 is 29.9 Å². The number of aliphatic imine (C=N–C) groups is 1. The summed E-state index contributed by atoms with van der Waals surface area (Å²) >= 11 is 0. The lowest BCUT2D eigenvalue weighted by molar-refractivity contribution is 0.322. The van der Waals surface area contributed by atoms with Gasteiger partial charge in [-0.25, -0.2) is 4.99 Å². The SMILES string of the molecule is COc1ccc(CN=C(N)NC2CCCCCC2)c(OC)c1OC.I. The molecule has 0 aliphatic heterocycles. The number of guanidine groups is 1. The largest absolute Gasteiger partial charge is 0.493 e. The van der Waals surface area contributed by atoms with Crippen LogP contribution >= 0.6 is 24.0 Å². The summed E-state index contributed by atoms with van der Waals surface area (Å²) in [6.07, 6.45) is 7.48. The molecule has 0 radical (unpaired) electrons. The highest BCUT2D eigenvalue weighted by Gasteiger charge is 2.16. The van der Waals surface area contributed by atoms with Crippen molar-refractivity contribution in [2.75, 3.05) is 21.3 Å². The fourth-order valence-corrected chi connectivity index (χ4v) is 3.14. The van der Waals surface area contributed by atoms with Gasteiger partial charge in [-0.3, -0.25) is 0 Å². The van der Waals surface area contributed by atoms with E-state index in [1.807, 2.05) is 12.1 Å². The van der Waals surface area contributed by atoms with Crippen molar-refractivity contribution in [3.8, 4) is 17.2 Å². The fourth-order valence-electron chi connectivity index (χ4n) is 3.14. The molecule has 142 valence electrons. The van der Waals surface area contributed by atoms with E-state index in [9.17, 15) is 0 Å². The van der Waals surface area contributed by atoms with Crippen LogP contribution in [0.25, 0.3) is 0 Å². The predicted octanol–water partition coefficient (Wildman–Crippen LogP) is 3.46. The summed E-state index contributed by atoms with van der Waals surface area (Å²) in [7, 11) is 4.80. The van der Waals surface area contributed by atoms with Crippen LogP contribution in [0.1, 0.15) is 44.1 Å². The van der Waals surface area contributed by atoms with E-state index in [4.69, 9.17) is 19.9 Å². The van der Waals surface area contributed by atoms with Crippen molar-refractivity contribution in [2.45, 2.75) is 51.1 Å². The van der Waals surface area contributed by atoms with E-state index in [0.717, 1.165) is 18.4 Å². The van der Waals surface area contributed by atoms with Crippen molar-refractivity contribution < 1.29 is 14.2 Å². The third-order valence-electron chi connectivity index (χ3n) is 4.41. The molecule has 0 aromatic heterocycles. The molecule has 0 heterocycles. The Kier molecular flexibility index (Phi) is 9.77. The van der Waals surface area contributed by atoms with E-state index in [1.165, 1.54) is 25.7 Å². The highest BCUT2D eigenvalue weighted by Crippen LogP contribution is 2.39. The number of methoxy groups -OCH3 is 3. The third kappa shape index (κ3) is 6.13. The smallest absolute Gasteiger partial charge is 0.203 e. The Hall–Kier alpha value is -1.38. The molecule has 1 aromatic carbocycles. The molecule has 7 heteroatoms. The number of rotatable bonds is 6. The monoisotopic (exact) mass is 463 g/mol. The summed E-state index contributed by atoms with van der Waals surface area (Å²) in [4.78, 5) is 4.47. The molecule has 1 aliphatic rings. The van der Waals surface area contributed by atoms with Gasteiger partial charge in [0.25, 0.3) is 0 Å². The lowest BCUT2D eigenvalue weighted by atomic mass is 10.1. The van der Waals surface area contributed by atoms with Gasteiger partial charge in [-0.1, -0.05) is 25.7 Å². The second-order valence-electron chi connectivity index (χ2n) is 6.03. The van der Waals surface area contributed by atoms with E-state index in [0.29, 0.717) is 35.8 Å². The minimum Gasteiger partial charge on any atom is -0.493 e. The number of nitrogens with zero attached hydrogens (tertiary/aromatic N) is 1. The maximum absolute atomic E-state index is 6.06. The Morgan fingerprint density at radius 3 is 2.24 bits per heavy atom. The Bertz CT molecular complexity index is 559. The van der Waals surface area contributed by atoms with Crippen molar-refractivity contribution in [3.63, 3.8) is 0 Å². The number of nitrogens with two attached hydrogens (primary N) is 1. The minimum absolute atomic E-state index is 0. The zero-order valence-electron chi connectivity index (χ0n) is 15.3. The van der Waals surface area contributed by atoms with Gasteiger partial charge in [0.1, 0.15) is 0 Å². The first-order chi connectivity index (χ1) is 11.7. The Labute approximate surface area is 167 Å². The lowest BCUT2D eigenvalue weighted by Crippen LogP contribution is -2.39. The van der Waals surface area contributed by atoms with Crippen molar-refractivity contribution in [1.82, 2.24) is 5.32 Å². The molecular weight excluding hydrogens is 433 g/mol. The summed E-state index contributed by atoms with van der Waals surface area (Å²) in [5.74, 6) is 2.32. The van der Waals surface area contributed by atoms with E-state index in [1.54, 1.807) is 21.3 Å². The lowest BCUT2D eigenvalue weighted by Gasteiger charge is -2.17. The summed E-state index contributed by atoms with van der Waals surface area (Å²) in [6, 6.07) is 4.20. The zero-order valence-corrected chi connectivity index (χ0v) is 17.7. The Balaban J connectivity index is 0.00000312. The van der Waals surface area contributed by atoms with E-state index in [-0.39, 0.29) is 24.0 Å². The predicted molar refractivity (Wildman–Crippen MR) is 111 cm³/mol. The van der Waals surface area contributed by atoms with Gasteiger partial charge >= 0.3 is 0 Å². The van der Waals surface area contributed by atoms with Gasteiger partial charge in [-0.2, -0.15) is 0 Å². The Morgan fingerprint density at radius 1 is 1.04 bits per heavy atom. The van der Waals surface area contributed by atoms with Crippen molar-refractivity contribution in [3.05, 3.63) is 17.7 Å². The second kappa shape index (κ2) is 11.3. The van der Waals surface area contributed by atoms with Crippen molar-refractivity contribution in [1.29, 1.82) is 0 Å². The summed E-state index contributed by atoms with van der Waals surface area (Å²) in [5, 5.41) is 3.35. The molecule has 1 aromatic rings. The first-order valence-corrected chi connectivity index (χ1v) is 8.54. The topological polar surface area (TPSA) is 78.1 Å². The summed E-state index contributed by atoms with van der Waals surface area (Å²) in [6.45, 7) is 0.426. The molecular formula is C18H30IN3O3. The number of nitrogens with one attached hydrogen (secondary N) is 1. The number of benzene rings is 1. The maximum atomic E-state index is 6.06. The average molecular weight is 463 g/mol. The zero-order chi connectivity index (χ0) is 17.4. The first kappa shape index (κ1) is 21.7. The van der Waals surface area contributed by atoms with Crippen LogP contribution in [0, 0.1) is 0 Å². The molecule has 1 aliphatic carbocycles. The van der Waals surface area contributed by atoms with Gasteiger partial charge in [0.2, 0.25) is 5.75 Å². The first-order valence-electron chi connectivity index (χ1n) is 8.54. The minimum atomic E-state index is 0. The quantitative estimate of drug-likeness (QED) is 0.293. The number of hydrogen-bond acceptors (Lipinski definition) is 4. The van der Waals surface area contributed by atoms with Crippen molar-refractivity contribution in [2.24, 2.45) is 10.7 Å². The Morgan fingerprint density at radius 2 is 1.68 bits per heavy atom. The third-order valence-corrected chi connectivity index (χ3v) is 4.41. The van der Waals surface area contributed by atoms with Gasteiger partial charge in [-0.05, 0) is 25.0 Å². The fraction of sp³-hybridized carbons (Fsp3) is 0.611. The standard InChI is InChI=1S/C18H29N3O3.HI/c1-22-15-11-10-13(16(23-2)17(15)24-3)12-20-18(19)21-14-8-6-4-5-7-9-14;/h10-11,14H,4-9,12H2,1-3H3,(H3,19,20,21);1H. The molecule has 0 saturated heterocycles. The number of hydrogen-bond donors (Lipinski definition) is 2. The van der Waals surface area contributed by atoms with E-state index >= 15 is 0 Å². The number of ether oxygens (including phenoxy) is 3. The molecule has 25 heavy (non-hydrogen) atoms. The molecule has 1 saturated carbocycles. The van der Waals surface area contributed by atoms with Crippen LogP contribution in [0.5, 0.6) is 17.2 Å². The average Bonchev–Trinajstić information content (AvgIpc) is 2.87. The summed E-state index contributed by atoms with van der Waals surface area (Å²) in [5.41, 5.74) is 6.97. The summed E-state index contributed by atoms with van der Waals surface area (Å²) < 4.78 is 16.2. The van der Waals surface area contributed by atoms with Crippen LogP contribution in [0.2, 0.25) is 0 Å². The number of halogens is 1. The molecule has 0 atom stereocenters. The maximum Gasteiger partial charge on any atom is 0.203 e. The van der Waals surface area contributed by atoms with E-state index in [2.05, 4.69) is 10.3 Å². The van der Waals surface area contributed by atoms with Gasteiger partial charge in [0, 0.05) is 11.6 Å². The van der Waals surface area contributed by atoms with Crippen LogP contribution in [0.3, 0.4) is 0 Å². The van der Waals surface area contributed by atoms with Crippen LogP contribution < -0.4 is 25.3 Å². The van der Waals surface area contributed by atoms with Crippen LogP contribution in [0.4, 0.5) is 0 Å². The van der Waals surface area contributed by atoms with Gasteiger partial charge in [-0.15, -0.1) is 24.0 Å².